The molecule has 0 unspecified atom stereocenters. The molecule has 0 radical (unpaired) electrons. The van der Waals surface area contributed by atoms with Crippen molar-refractivity contribution in [3.63, 3.8) is 0 Å². The van der Waals surface area contributed by atoms with Crippen molar-refractivity contribution in [1.29, 1.82) is 0 Å². The number of benzene rings is 1. The second-order valence-corrected chi connectivity index (χ2v) is 5.69. The summed E-state index contributed by atoms with van der Waals surface area (Å²) in [5, 5.41) is 4.23. The fourth-order valence-corrected chi connectivity index (χ4v) is 3.49. The molecular weight excluding hydrogens is 308 g/mol. The molecule has 1 aliphatic rings. The second-order valence-electron chi connectivity index (χ2n) is 4.89. The van der Waals surface area contributed by atoms with Gasteiger partial charge in [-0.3, -0.25) is 4.79 Å². The summed E-state index contributed by atoms with van der Waals surface area (Å²) in [6.07, 6.45) is 1.64. The number of H-pyrrole nitrogens is 1. The molecule has 1 amide bonds. The van der Waals surface area contributed by atoms with Crippen molar-refractivity contribution in [1.82, 2.24) is 10.3 Å². The highest BCUT2D eigenvalue weighted by Gasteiger charge is 2.27. The van der Waals surface area contributed by atoms with Crippen molar-refractivity contribution in [3.05, 3.63) is 27.9 Å². The Morgan fingerprint density at radius 2 is 2.16 bits per heavy atom. The van der Waals surface area contributed by atoms with Crippen LogP contribution in [-0.2, 0) is 17.6 Å². The normalized spacial score (nSPS) is 17.5. The highest BCUT2D eigenvalue weighted by molar-refractivity contribution is 9.10. The van der Waals surface area contributed by atoms with Gasteiger partial charge in [0.2, 0.25) is 5.91 Å². The first-order valence-corrected chi connectivity index (χ1v) is 7.02. The Labute approximate surface area is 119 Å². The monoisotopic (exact) mass is 322 g/mol. The van der Waals surface area contributed by atoms with E-state index in [9.17, 15) is 4.79 Å². The van der Waals surface area contributed by atoms with Crippen molar-refractivity contribution in [2.24, 2.45) is 0 Å². The fraction of sp³-hybridized carbons (Fsp3) is 0.357. The summed E-state index contributed by atoms with van der Waals surface area (Å²) < 4.78 is 6.45. The maximum atomic E-state index is 11.3. The average Bonchev–Trinajstić information content (AvgIpc) is 2.67. The first-order chi connectivity index (χ1) is 9.10. The van der Waals surface area contributed by atoms with E-state index >= 15 is 0 Å². The van der Waals surface area contributed by atoms with Gasteiger partial charge in [0.1, 0.15) is 5.75 Å². The van der Waals surface area contributed by atoms with Gasteiger partial charge in [0.15, 0.2) is 0 Å². The third-order valence-corrected chi connectivity index (χ3v) is 4.29. The molecule has 4 nitrogen and oxygen atoms in total. The molecule has 100 valence electrons. The lowest BCUT2D eigenvalue weighted by atomic mass is 9.88. The van der Waals surface area contributed by atoms with Crippen molar-refractivity contribution >= 4 is 32.7 Å². The van der Waals surface area contributed by atoms with Crippen molar-refractivity contribution in [2.75, 3.05) is 7.11 Å². The van der Waals surface area contributed by atoms with E-state index in [4.69, 9.17) is 4.74 Å². The zero-order valence-electron chi connectivity index (χ0n) is 10.8. The van der Waals surface area contributed by atoms with Gasteiger partial charge >= 0.3 is 0 Å². The van der Waals surface area contributed by atoms with Gasteiger partial charge in [-0.05, 0) is 46.5 Å². The number of rotatable bonds is 2. The van der Waals surface area contributed by atoms with Gasteiger partial charge in [-0.1, -0.05) is 0 Å². The van der Waals surface area contributed by atoms with Crippen molar-refractivity contribution in [2.45, 2.75) is 25.8 Å². The van der Waals surface area contributed by atoms with E-state index < -0.39 is 0 Å². The van der Waals surface area contributed by atoms with E-state index in [2.05, 4.69) is 26.2 Å². The minimum atomic E-state index is 0.00579. The maximum absolute atomic E-state index is 11.3. The zero-order chi connectivity index (χ0) is 13.6. The van der Waals surface area contributed by atoms with Gasteiger partial charge < -0.3 is 15.0 Å². The van der Waals surface area contributed by atoms with Crippen LogP contribution >= 0.6 is 15.9 Å². The standard InChI is InChI=1S/C14H15BrN2O2/c1-7(18)16-8-5-9-12(19-2)4-3-11-13(9)10(6-8)14(15)17-11/h3-4,8,17H,5-6H2,1-2H3,(H,16,18)/t8-/m1/s1. The zero-order valence-corrected chi connectivity index (χ0v) is 12.4. The summed E-state index contributed by atoms with van der Waals surface area (Å²) in [5.74, 6) is 0.890. The van der Waals surface area contributed by atoms with Gasteiger partial charge in [-0.15, -0.1) is 0 Å². The fourth-order valence-electron chi connectivity index (χ4n) is 2.92. The number of hydrogen-bond acceptors (Lipinski definition) is 2. The van der Waals surface area contributed by atoms with E-state index in [0.29, 0.717) is 0 Å². The van der Waals surface area contributed by atoms with Crippen molar-refractivity contribution < 1.29 is 9.53 Å². The number of aromatic amines is 1. The quantitative estimate of drug-likeness (QED) is 0.892. The number of amides is 1. The third kappa shape index (κ3) is 2.02. The SMILES string of the molecule is COc1ccc2[nH]c(Br)c3c2c1C[C@@H](NC(C)=O)C3. The van der Waals surface area contributed by atoms with Gasteiger partial charge in [0, 0.05) is 29.4 Å². The molecule has 3 rings (SSSR count). The number of aromatic nitrogens is 1. The van der Waals surface area contributed by atoms with Crippen LogP contribution in [0.25, 0.3) is 10.9 Å². The molecule has 0 saturated carbocycles. The third-order valence-electron chi connectivity index (χ3n) is 3.61. The highest BCUT2D eigenvalue weighted by Crippen LogP contribution is 2.39. The van der Waals surface area contributed by atoms with Crippen LogP contribution in [0.2, 0.25) is 0 Å². The number of hydrogen-bond donors (Lipinski definition) is 2. The summed E-state index contributed by atoms with van der Waals surface area (Å²) in [7, 11) is 1.68. The van der Waals surface area contributed by atoms with Gasteiger partial charge in [-0.2, -0.15) is 0 Å². The molecule has 0 bridgehead atoms. The molecule has 1 aromatic carbocycles. The molecule has 0 fully saturated rings. The molecule has 0 saturated heterocycles. The Balaban J connectivity index is 2.15. The number of halogens is 1. The van der Waals surface area contributed by atoms with Gasteiger partial charge in [-0.25, -0.2) is 0 Å². The molecule has 1 heterocycles. The number of carbonyl (C=O) groups excluding carboxylic acids is 1. The summed E-state index contributed by atoms with van der Waals surface area (Å²) in [4.78, 5) is 14.6. The van der Waals surface area contributed by atoms with Crippen LogP contribution in [0.5, 0.6) is 5.75 Å². The van der Waals surface area contributed by atoms with Crippen LogP contribution in [0.3, 0.4) is 0 Å². The van der Waals surface area contributed by atoms with E-state index in [1.54, 1.807) is 14.0 Å². The predicted molar refractivity (Wildman–Crippen MR) is 77.6 cm³/mol. The van der Waals surface area contributed by atoms with E-state index in [1.165, 1.54) is 16.5 Å². The van der Waals surface area contributed by atoms with Crippen LogP contribution in [0.15, 0.2) is 16.7 Å². The van der Waals surface area contributed by atoms with Gasteiger partial charge in [0.25, 0.3) is 0 Å². The van der Waals surface area contributed by atoms with E-state index in [1.807, 2.05) is 12.1 Å². The second kappa shape index (κ2) is 4.56. The number of ether oxygens (including phenoxy) is 1. The lowest BCUT2D eigenvalue weighted by Gasteiger charge is -2.24. The first kappa shape index (κ1) is 12.5. The topological polar surface area (TPSA) is 54.1 Å². The number of methoxy groups -OCH3 is 1. The average molecular weight is 323 g/mol. The Kier molecular flexibility index (Phi) is 3.01. The molecule has 1 atom stereocenters. The minimum Gasteiger partial charge on any atom is -0.496 e. The number of nitrogens with one attached hydrogen (secondary N) is 2. The Morgan fingerprint density at radius 1 is 1.42 bits per heavy atom. The van der Waals surface area contributed by atoms with Crippen LogP contribution in [0, 0.1) is 0 Å². The Hall–Kier alpha value is -1.49. The minimum absolute atomic E-state index is 0.00579. The molecule has 0 spiro atoms. The smallest absolute Gasteiger partial charge is 0.217 e. The molecule has 0 aliphatic heterocycles. The maximum Gasteiger partial charge on any atom is 0.217 e. The van der Waals surface area contributed by atoms with E-state index in [-0.39, 0.29) is 11.9 Å². The lowest BCUT2D eigenvalue weighted by molar-refractivity contribution is -0.119. The van der Waals surface area contributed by atoms with Crippen LogP contribution in [0.1, 0.15) is 18.1 Å². The Morgan fingerprint density at radius 3 is 2.84 bits per heavy atom. The molecule has 19 heavy (non-hydrogen) atoms. The van der Waals surface area contributed by atoms with Crippen LogP contribution in [0.4, 0.5) is 0 Å². The van der Waals surface area contributed by atoms with Crippen LogP contribution < -0.4 is 10.1 Å². The highest BCUT2D eigenvalue weighted by atomic mass is 79.9. The molecule has 2 N–H and O–H groups in total. The number of carbonyl (C=O) groups is 1. The largest absolute Gasteiger partial charge is 0.496 e. The molecule has 1 aromatic heterocycles. The first-order valence-electron chi connectivity index (χ1n) is 6.23. The molecule has 1 aliphatic carbocycles. The Bertz CT molecular complexity index is 663. The predicted octanol–water partition coefficient (Wildman–Crippen LogP) is 2.54. The molecule has 5 heteroatoms. The molecule has 2 aromatic rings. The van der Waals surface area contributed by atoms with Crippen LogP contribution in [-0.4, -0.2) is 24.0 Å². The summed E-state index contributed by atoms with van der Waals surface area (Å²) in [6, 6.07) is 4.13. The summed E-state index contributed by atoms with van der Waals surface area (Å²) >= 11 is 3.57. The summed E-state index contributed by atoms with van der Waals surface area (Å²) in [5.41, 5.74) is 3.50. The summed E-state index contributed by atoms with van der Waals surface area (Å²) in [6.45, 7) is 1.56. The van der Waals surface area contributed by atoms with E-state index in [0.717, 1.165) is 28.7 Å². The van der Waals surface area contributed by atoms with Crippen molar-refractivity contribution in [3.8, 4) is 5.75 Å². The molecular formula is C14H15BrN2O2. The lowest BCUT2D eigenvalue weighted by Crippen LogP contribution is -2.38. The van der Waals surface area contributed by atoms with Gasteiger partial charge in [0.05, 0.1) is 11.7 Å².